The van der Waals surface area contributed by atoms with E-state index in [4.69, 9.17) is 0 Å². The van der Waals surface area contributed by atoms with E-state index < -0.39 is 20.6 Å². The molecule has 0 spiro atoms. The van der Waals surface area contributed by atoms with Gasteiger partial charge in [-0.15, -0.1) is 0 Å². The van der Waals surface area contributed by atoms with Crippen LogP contribution in [0.3, 0.4) is 0 Å². The molecule has 0 aliphatic heterocycles. The number of aromatic nitrogens is 1. The van der Waals surface area contributed by atoms with E-state index in [-0.39, 0.29) is 0 Å². The third-order valence-electron chi connectivity index (χ3n) is 1.35. The van der Waals surface area contributed by atoms with Gasteiger partial charge in [0, 0.05) is 0 Å². The molecule has 0 atom stereocenters. The minimum absolute atomic E-state index is 0.458. The summed E-state index contributed by atoms with van der Waals surface area (Å²) in [7, 11) is 0. The van der Waals surface area contributed by atoms with Crippen molar-refractivity contribution in [2.24, 2.45) is 0 Å². The topological polar surface area (TPSA) is 12.9 Å². The summed E-state index contributed by atoms with van der Waals surface area (Å²) in [6, 6.07) is 4.18. The number of pyridine rings is 1. The molecule has 0 aromatic carbocycles. The van der Waals surface area contributed by atoms with Crippen LogP contribution in [-0.4, -0.2) is 25.6 Å². The number of rotatable bonds is 3. The van der Waals surface area contributed by atoms with Gasteiger partial charge in [-0.1, -0.05) is 0 Å². The summed E-state index contributed by atoms with van der Waals surface area (Å²) >= 11 is 3.14. The molecule has 1 nitrogen and oxygen atoms in total. The molecule has 1 aromatic rings. The first-order valence-corrected chi connectivity index (χ1v) is 15.3. The Hall–Kier alpha value is 0.500. The molecule has 3 heteroatoms. The van der Waals surface area contributed by atoms with Crippen molar-refractivity contribution in [3.63, 3.8) is 0 Å². The molecule has 0 aliphatic carbocycles. The monoisotopic (exact) mass is 301 g/mol. The van der Waals surface area contributed by atoms with E-state index in [9.17, 15) is 0 Å². The number of hydrogen-bond acceptors (Lipinski definition) is 1. The Kier molecular flexibility index (Phi) is 4.46. The molecule has 0 bridgehead atoms. The summed E-state index contributed by atoms with van der Waals surface area (Å²) < 4.78 is 1.41. The van der Waals surface area contributed by atoms with Crippen molar-refractivity contribution in [3.8, 4) is 0 Å². The summed E-state index contributed by atoms with van der Waals surface area (Å²) in [6.45, 7) is 0. The Labute approximate surface area is 78.1 Å². The molecule has 0 saturated heterocycles. The standard InChI is InChI=1S/C7H8N.BrH.In.H/c1-2-7-3-5-8-6-4-7;;;/h3-6H,1-2H2;1H;;/q;;+1;/p-1. The van der Waals surface area contributed by atoms with E-state index in [0.29, 0.717) is 0 Å². The van der Waals surface area contributed by atoms with Gasteiger partial charge in [-0.2, -0.15) is 0 Å². The zero-order chi connectivity index (χ0) is 7.23. The molecule has 0 aliphatic rings. The van der Waals surface area contributed by atoms with Gasteiger partial charge in [-0.05, 0) is 0 Å². The molecule has 52 valence electrons. The molecule has 0 amide bonds. The van der Waals surface area contributed by atoms with Crippen molar-refractivity contribution in [2.45, 2.75) is 10.6 Å². The van der Waals surface area contributed by atoms with Crippen molar-refractivity contribution in [2.75, 3.05) is 0 Å². The average molecular weight is 302 g/mol. The van der Waals surface area contributed by atoms with Gasteiger partial charge in [0.2, 0.25) is 0 Å². The molecule has 1 heterocycles. The molecule has 0 N–H and O–H groups in total. The van der Waals surface area contributed by atoms with Crippen LogP contribution in [0.4, 0.5) is 0 Å². The second kappa shape index (κ2) is 5.19. The predicted molar refractivity (Wildman–Crippen MR) is 48.8 cm³/mol. The molecule has 1 aromatic heterocycles. The Morgan fingerprint density at radius 1 is 1.40 bits per heavy atom. The normalized spacial score (nSPS) is 9.30. The maximum atomic E-state index is 3.96. The van der Waals surface area contributed by atoms with Gasteiger partial charge >= 0.3 is 78.5 Å². The second-order valence-electron chi connectivity index (χ2n) is 2.15. The second-order valence-corrected chi connectivity index (χ2v) is 10.6. The number of hydrogen-bond donors (Lipinski definition) is 0. The SMILES string of the molecule is [Br][InH][CH2]Cc1ccncc1. The quantitative estimate of drug-likeness (QED) is 0.829. The summed E-state index contributed by atoms with van der Waals surface area (Å²) in [4.78, 5) is 3.96. The predicted octanol–water partition coefficient (Wildman–Crippen LogP) is 1.79. The van der Waals surface area contributed by atoms with Crippen molar-refractivity contribution in [1.82, 2.24) is 4.98 Å². The molecule has 0 saturated carbocycles. The molecule has 0 radical (unpaired) electrons. The average Bonchev–Trinajstić information content (AvgIpc) is 2.03. The maximum absolute atomic E-state index is 3.96. The molecule has 10 heavy (non-hydrogen) atoms. The van der Waals surface area contributed by atoms with Crippen LogP contribution >= 0.6 is 12.3 Å². The molecular formula is C7H9BrInN. The first-order valence-electron chi connectivity index (χ1n) is 3.38. The Morgan fingerprint density at radius 3 is 2.70 bits per heavy atom. The first kappa shape index (κ1) is 8.60. The van der Waals surface area contributed by atoms with Crippen LogP contribution in [0.15, 0.2) is 24.5 Å². The van der Waals surface area contributed by atoms with Crippen molar-refractivity contribution in [1.29, 1.82) is 0 Å². The minimum atomic E-state index is -0.458. The van der Waals surface area contributed by atoms with E-state index in [0.717, 1.165) is 0 Å². The van der Waals surface area contributed by atoms with Gasteiger partial charge < -0.3 is 0 Å². The van der Waals surface area contributed by atoms with Crippen LogP contribution in [0, 0.1) is 0 Å². The van der Waals surface area contributed by atoms with Crippen molar-refractivity contribution >= 4 is 32.9 Å². The van der Waals surface area contributed by atoms with Gasteiger partial charge in [0.1, 0.15) is 0 Å². The molecule has 1 rings (SSSR count). The summed E-state index contributed by atoms with van der Waals surface area (Å²) in [6.07, 6.45) is 4.96. The van der Waals surface area contributed by atoms with Crippen LogP contribution in [0.2, 0.25) is 4.18 Å². The number of aryl methyl sites for hydroxylation is 1. The Bertz CT molecular complexity index is 178. The number of nitrogens with zero attached hydrogens (tertiary/aromatic N) is 1. The van der Waals surface area contributed by atoms with Crippen LogP contribution in [0.5, 0.6) is 0 Å². The van der Waals surface area contributed by atoms with E-state index in [1.54, 1.807) is 0 Å². The molecular weight excluding hydrogens is 293 g/mol. The van der Waals surface area contributed by atoms with Crippen LogP contribution in [0.1, 0.15) is 5.56 Å². The van der Waals surface area contributed by atoms with Crippen LogP contribution < -0.4 is 0 Å². The summed E-state index contributed by atoms with van der Waals surface area (Å²) in [5.74, 6) is 0. The number of halogens is 1. The van der Waals surface area contributed by atoms with Gasteiger partial charge in [-0.25, -0.2) is 0 Å². The first-order chi connectivity index (χ1) is 4.93. The van der Waals surface area contributed by atoms with Crippen molar-refractivity contribution < 1.29 is 0 Å². The molecule has 0 fully saturated rings. The third kappa shape index (κ3) is 3.06. The summed E-state index contributed by atoms with van der Waals surface area (Å²) in [5.41, 5.74) is 1.42. The zero-order valence-electron chi connectivity index (χ0n) is 5.76. The molecule has 0 unspecified atom stereocenters. The van der Waals surface area contributed by atoms with Crippen LogP contribution in [0.25, 0.3) is 0 Å². The zero-order valence-corrected chi connectivity index (χ0v) is 11.4. The van der Waals surface area contributed by atoms with Gasteiger partial charge in [0.15, 0.2) is 0 Å². The Morgan fingerprint density at radius 2 is 2.10 bits per heavy atom. The van der Waals surface area contributed by atoms with Gasteiger partial charge in [0.05, 0.1) is 0 Å². The fourth-order valence-corrected chi connectivity index (χ4v) is 4.25. The van der Waals surface area contributed by atoms with Crippen molar-refractivity contribution in [3.05, 3.63) is 30.1 Å². The summed E-state index contributed by atoms with van der Waals surface area (Å²) in [5, 5.41) is 0. The van der Waals surface area contributed by atoms with E-state index in [1.165, 1.54) is 16.2 Å². The van der Waals surface area contributed by atoms with Crippen LogP contribution in [-0.2, 0) is 6.42 Å². The van der Waals surface area contributed by atoms with Gasteiger partial charge in [0.25, 0.3) is 0 Å². The fraction of sp³-hybridized carbons (Fsp3) is 0.286. The van der Waals surface area contributed by atoms with Gasteiger partial charge in [-0.3, -0.25) is 0 Å². The fourth-order valence-electron chi connectivity index (χ4n) is 0.820. The third-order valence-corrected chi connectivity index (χ3v) is 6.88. The van der Waals surface area contributed by atoms with E-state index >= 15 is 0 Å². The Balaban J connectivity index is 2.43. The van der Waals surface area contributed by atoms with E-state index in [2.05, 4.69) is 29.4 Å². The van der Waals surface area contributed by atoms with E-state index in [1.807, 2.05) is 12.4 Å².